The Morgan fingerprint density at radius 2 is 1.79 bits per heavy atom. The molecule has 2 aromatic carbocycles. The maximum absolute atomic E-state index is 12.6. The van der Waals surface area contributed by atoms with Crippen molar-refractivity contribution in [3.05, 3.63) is 41.5 Å². The second kappa shape index (κ2) is 9.04. The van der Waals surface area contributed by atoms with Crippen LogP contribution in [0.25, 0.3) is 0 Å². The number of phenols is 2. The van der Waals surface area contributed by atoms with Crippen LogP contribution in [0.5, 0.6) is 28.7 Å². The predicted octanol–water partition coefficient (Wildman–Crippen LogP) is -0.00840. The molecule has 2 aliphatic heterocycles. The summed E-state index contributed by atoms with van der Waals surface area (Å²) in [4.78, 5) is 12.6. The van der Waals surface area contributed by atoms with Gasteiger partial charge in [0, 0.05) is 12.1 Å². The first kappa shape index (κ1) is 23.1. The Labute approximate surface area is 188 Å². The zero-order chi connectivity index (χ0) is 23.9. The van der Waals surface area contributed by atoms with Gasteiger partial charge < -0.3 is 49.6 Å². The molecule has 178 valence electrons. The fourth-order valence-electron chi connectivity index (χ4n) is 3.89. The Morgan fingerprint density at radius 1 is 1.03 bits per heavy atom. The summed E-state index contributed by atoms with van der Waals surface area (Å²) in [6, 6.07) is 6.95. The van der Waals surface area contributed by atoms with Crippen LogP contribution in [0, 0.1) is 0 Å². The van der Waals surface area contributed by atoms with E-state index in [1.165, 1.54) is 25.3 Å². The van der Waals surface area contributed by atoms with Gasteiger partial charge in [-0.05, 0) is 17.7 Å². The minimum Gasteiger partial charge on any atom is -0.508 e. The van der Waals surface area contributed by atoms with E-state index in [1.807, 2.05) is 0 Å². The molecular formula is C22H24O11. The quantitative estimate of drug-likeness (QED) is 0.351. The standard InChI is InChI=1S/C22H24O11/c1-30-13-3-2-9(14-7-12(26)18-11(25)5-10(24)6-16(18)31-14)4-15(13)32-22-21(29)20(28)19(27)17(8-23)33-22/h2-6,14,17,19-25,27-29H,7-8H2,1H3/t14-,17+,19+,20-,21+,22+/m0/s1. The van der Waals surface area contributed by atoms with E-state index in [0.29, 0.717) is 5.56 Å². The Morgan fingerprint density at radius 3 is 2.48 bits per heavy atom. The van der Waals surface area contributed by atoms with Crippen molar-refractivity contribution in [3.63, 3.8) is 0 Å². The van der Waals surface area contributed by atoms with Gasteiger partial charge in [0.05, 0.1) is 20.1 Å². The average Bonchev–Trinajstić information content (AvgIpc) is 2.78. The molecule has 2 aliphatic rings. The number of aromatic hydroxyl groups is 2. The third kappa shape index (κ3) is 4.28. The van der Waals surface area contributed by atoms with E-state index >= 15 is 0 Å². The van der Waals surface area contributed by atoms with Crippen molar-refractivity contribution >= 4 is 5.78 Å². The molecule has 0 spiro atoms. The van der Waals surface area contributed by atoms with Crippen molar-refractivity contribution in [1.82, 2.24) is 0 Å². The van der Waals surface area contributed by atoms with E-state index in [0.717, 1.165) is 6.07 Å². The molecule has 11 nitrogen and oxygen atoms in total. The van der Waals surface area contributed by atoms with Crippen LogP contribution in [-0.4, -0.2) is 80.8 Å². The monoisotopic (exact) mass is 464 g/mol. The minimum absolute atomic E-state index is 0.0182. The minimum atomic E-state index is -1.62. The summed E-state index contributed by atoms with van der Waals surface area (Å²) in [7, 11) is 1.39. The first-order chi connectivity index (χ1) is 15.7. The van der Waals surface area contributed by atoms with E-state index in [-0.39, 0.29) is 46.5 Å². The van der Waals surface area contributed by atoms with Gasteiger partial charge in [-0.2, -0.15) is 0 Å². The maximum Gasteiger partial charge on any atom is 0.229 e. The van der Waals surface area contributed by atoms with Crippen molar-refractivity contribution in [3.8, 4) is 28.7 Å². The summed E-state index contributed by atoms with van der Waals surface area (Å²) >= 11 is 0. The van der Waals surface area contributed by atoms with E-state index < -0.39 is 43.4 Å². The summed E-state index contributed by atoms with van der Waals surface area (Å²) < 4.78 is 22.2. The number of carbonyl (C=O) groups is 1. The highest BCUT2D eigenvalue weighted by atomic mass is 16.7. The van der Waals surface area contributed by atoms with Crippen LogP contribution >= 0.6 is 0 Å². The lowest BCUT2D eigenvalue weighted by Gasteiger charge is -2.39. The van der Waals surface area contributed by atoms with Gasteiger partial charge in [-0.1, -0.05) is 6.07 Å². The highest BCUT2D eigenvalue weighted by Crippen LogP contribution is 2.43. The first-order valence-corrected chi connectivity index (χ1v) is 10.1. The highest BCUT2D eigenvalue weighted by molar-refractivity contribution is 6.02. The number of carbonyl (C=O) groups excluding carboxylic acids is 1. The second-order valence-electron chi connectivity index (χ2n) is 7.80. The summed E-state index contributed by atoms with van der Waals surface area (Å²) in [5, 5.41) is 59.3. The van der Waals surface area contributed by atoms with Crippen molar-refractivity contribution in [2.75, 3.05) is 13.7 Å². The van der Waals surface area contributed by atoms with Gasteiger partial charge in [-0.3, -0.25) is 4.79 Å². The van der Waals surface area contributed by atoms with Crippen LogP contribution in [0.15, 0.2) is 30.3 Å². The number of fused-ring (bicyclic) bond motifs is 1. The van der Waals surface area contributed by atoms with Crippen LogP contribution in [0.4, 0.5) is 0 Å². The molecule has 0 radical (unpaired) electrons. The molecular weight excluding hydrogens is 440 g/mol. The van der Waals surface area contributed by atoms with Gasteiger partial charge in [0.1, 0.15) is 53.3 Å². The SMILES string of the molecule is COc1ccc([C@@H]2CC(=O)c3c(O)cc(O)cc3O2)cc1O[C@@H]1O[C@H](CO)[C@@H](O)[C@H](O)[C@H]1O. The molecule has 6 N–H and O–H groups in total. The second-order valence-corrected chi connectivity index (χ2v) is 7.80. The molecule has 1 saturated heterocycles. The molecule has 6 atom stereocenters. The van der Waals surface area contributed by atoms with E-state index in [1.54, 1.807) is 6.07 Å². The summed E-state index contributed by atoms with van der Waals surface area (Å²) in [5.41, 5.74) is 0.465. The molecule has 2 aromatic rings. The molecule has 4 rings (SSSR count). The van der Waals surface area contributed by atoms with Gasteiger partial charge in [0.25, 0.3) is 0 Å². The number of ether oxygens (including phenoxy) is 4. The largest absolute Gasteiger partial charge is 0.508 e. The van der Waals surface area contributed by atoms with Gasteiger partial charge in [-0.25, -0.2) is 0 Å². The Bertz CT molecular complexity index is 1040. The van der Waals surface area contributed by atoms with E-state index in [4.69, 9.17) is 18.9 Å². The number of aliphatic hydroxyl groups is 4. The molecule has 0 unspecified atom stereocenters. The van der Waals surface area contributed by atoms with Crippen LogP contribution in [0.2, 0.25) is 0 Å². The maximum atomic E-state index is 12.6. The van der Waals surface area contributed by atoms with Gasteiger partial charge in [0.2, 0.25) is 6.29 Å². The van der Waals surface area contributed by atoms with Crippen LogP contribution in [-0.2, 0) is 4.74 Å². The lowest BCUT2D eigenvalue weighted by molar-refractivity contribution is -0.277. The number of aliphatic hydroxyl groups excluding tert-OH is 4. The molecule has 0 bridgehead atoms. The smallest absolute Gasteiger partial charge is 0.229 e. The third-order valence-electron chi connectivity index (χ3n) is 5.64. The number of benzene rings is 2. The third-order valence-corrected chi connectivity index (χ3v) is 5.64. The fourth-order valence-corrected chi connectivity index (χ4v) is 3.89. The topological polar surface area (TPSA) is 175 Å². The van der Waals surface area contributed by atoms with Crippen molar-refractivity contribution in [1.29, 1.82) is 0 Å². The number of phenolic OH excluding ortho intramolecular Hbond substituents is 2. The summed E-state index contributed by atoms with van der Waals surface area (Å²) in [6.45, 7) is -0.612. The van der Waals surface area contributed by atoms with Crippen LogP contribution in [0.3, 0.4) is 0 Å². The van der Waals surface area contributed by atoms with Crippen LogP contribution < -0.4 is 14.2 Å². The average molecular weight is 464 g/mol. The molecule has 0 saturated carbocycles. The summed E-state index contributed by atoms with van der Waals surface area (Å²) in [6.07, 6.45) is -8.25. The normalized spacial score (nSPS) is 29.2. The van der Waals surface area contributed by atoms with Gasteiger partial charge in [-0.15, -0.1) is 0 Å². The molecule has 11 heteroatoms. The molecule has 0 aliphatic carbocycles. The number of rotatable bonds is 5. The fraction of sp³-hybridized carbons (Fsp3) is 0.409. The van der Waals surface area contributed by atoms with Crippen molar-refractivity contribution in [2.24, 2.45) is 0 Å². The van der Waals surface area contributed by atoms with E-state index in [9.17, 15) is 35.4 Å². The molecule has 2 heterocycles. The first-order valence-electron chi connectivity index (χ1n) is 10.1. The van der Waals surface area contributed by atoms with Crippen LogP contribution in [0.1, 0.15) is 28.4 Å². The molecule has 0 amide bonds. The lowest BCUT2D eigenvalue weighted by Crippen LogP contribution is -2.60. The Hall–Kier alpha value is -3.09. The Balaban J connectivity index is 1.62. The van der Waals surface area contributed by atoms with Gasteiger partial charge >= 0.3 is 0 Å². The van der Waals surface area contributed by atoms with Crippen molar-refractivity contribution < 1.29 is 54.4 Å². The lowest BCUT2D eigenvalue weighted by atomic mass is 9.95. The number of Topliss-reactive ketones (excluding diaryl/α,β-unsaturated/α-hetero) is 1. The van der Waals surface area contributed by atoms with E-state index in [2.05, 4.69) is 0 Å². The summed E-state index contributed by atoms with van der Waals surface area (Å²) in [5.74, 6) is -0.670. The number of hydrogen-bond acceptors (Lipinski definition) is 11. The number of hydrogen-bond donors (Lipinski definition) is 6. The highest BCUT2D eigenvalue weighted by Gasteiger charge is 2.45. The number of methoxy groups -OCH3 is 1. The molecule has 33 heavy (non-hydrogen) atoms. The predicted molar refractivity (Wildman–Crippen MR) is 109 cm³/mol. The van der Waals surface area contributed by atoms with Gasteiger partial charge in [0.15, 0.2) is 17.3 Å². The zero-order valence-electron chi connectivity index (χ0n) is 17.5. The Kier molecular flexibility index (Phi) is 6.32. The zero-order valence-corrected chi connectivity index (χ0v) is 17.5. The molecule has 1 fully saturated rings. The molecule has 0 aromatic heterocycles. The van der Waals surface area contributed by atoms with Crippen molar-refractivity contribution in [2.45, 2.75) is 43.2 Å². The number of ketones is 1.